The molecule has 0 N–H and O–H groups in total. The van der Waals surface area contributed by atoms with Gasteiger partial charge in [-0.2, -0.15) is 18.4 Å². The Hall–Kier alpha value is -1.54. The molecule has 0 aliphatic carbocycles. The van der Waals surface area contributed by atoms with Crippen LogP contribution < -0.4 is 0 Å². The van der Waals surface area contributed by atoms with E-state index >= 15 is 0 Å². The Morgan fingerprint density at radius 3 is 2.38 bits per heavy atom. The minimum absolute atomic E-state index is 0.240. The van der Waals surface area contributed by atoms with Crippen LogP contribution in [0.4, 0.5) is 13.2 Å². The van der Waals surface area contributed by atoms with E-state index in [-0.39, 0.29) is 11.1 Å². The number of alkyl halides is 3. The number of carbonyl (C=O) groups is 1. The zero-order chi connectivity index (χ0) is 12.5. The summed E-state index contributed by atoms with van der Waals surface area (Å²) in [4.78, 5) is 10.9. The zero-order valence-electron chi connectivity index (χ0n) is 8.02. The number of rotatable bonds is 1. The maximum atomic E-state index is 12.5. The summed E-state index contributed by atoms with van der Waals surface area (Å²) in [6, 6.07) is 3.03. The van der Waals surface area contributed by atoms with E-state index in [4.69, 9.17) is 16.9 Å². The van der Waals surface area contributed by atoms with Gasteiger partial charge in [0.25, 0.3) is 5.24 Å². The molecule has 1 aromatic carbocycles. The van der Waals surface area contributed by atoms with Gasteiger partial charge in [-0.15, -0.1) is 0 Å². The highest BCUT2D eigenvalue weighted by atomic mass is 35.5. The average Bonchev–Trinajstić information content (AvgIpc) is 2.14. The van der Waals surface area contributed by atoms with Crippen LogP contribution in [0.2, 0.25) is 0 Å². The molecular formula is C10H5ClF3NO. The second kappa shape index (κ2) is 4.14. The molecule has 16 heavy (non-hydrogen) atoms. The van der Waals surface area contributed by atoms with Gasteiger partial charge in [-0.05, 0) is 36.2 Å². The summed E-state index contributed by atoms with van der Waals surface area (Å²) < 4.78 is 37.5. The van der Waals surface area contributed by atoms with Crippen molar-refractivity contribution in [2.75, 3.05) is 0 Å². The van der Waals surface area contributed by atoms with Crippen molar-refractivity contribution in [1.29, 1.82) is 5.26 Å². The van der Waals surface area contributed by atoms with E-state index in [1.807, 2.05) is 0 Å². The van der Waals surface area contributed by atoms with Gasteiger partial charge in [-0.25, -0.2) is 0 Å². The first kappa shape index (κ1) is 12.5. The first-order valence-electron chi connectivity index (χ1n) is 4.09. The molecule has 0 unspecified atom stereocenters. The molecule has 0 amide bonds. The van der Waals surface area contributed by atoms with E-state index in [2.05, 4.69) is 0 Å². The average molecular weight is 248 g/mol. The van der Waals surface area contributed by atoms with Crippen LogP contribution in [0.5, 0.6) is 0 Å². The summed E-state index contributed by atoms with van der Waals surface area (Å²) in [5, 5.41) is 7.59. The third kappa shape index (κ3) is 2.34. The quantitative estimate of drug-likeness (QED) is 0.715. The second-order valence-corrected chi connectivity index (χ2v) is 3.44. The fourth-order valence-corrected chi connectivity index (χ4v) is 1.45. The third-order valence-corrected chi connectivity index (χ3v) is 2.21. The van der Waals surface area contributed by atoms with Crippen molar-refractivity contribution in [2.24, 2.45) is 0 Å². The lowest BCUT2D eigenvalue weighted by molar-refractivity contribution is -0.137. The zero-order valence-corrected chi connectivity index (χ0v) is 8.78. The molecule has 1 aromatic rings. The largest absolute Gasteiger partial charge is 0.417 e. The summed E-state index contributed by atoms with van der Waals surface area (Å²) >= 11 is 5.14. The summed E-state index contributed by atoms with van der Waals surface area (Å²) in [5.41, 5.74) is -1.67. The SMILES string of the molecule is Cc1cc(C#N)c(C(F)(F)F)cc1C(=O)Cl. The highest BCUT2D eigenvalue weighted by Gasteiger charge is 2.34. The van der Waals surface area contributed by atoms with E-state index < -0.39 is 22.5 Å². The normalized spacial score (nSPS) is 11.0. The van der Waals surface area contributed by atoms with Gasteiger partial charge in [0, 0.05) is 5.56 Å². The Bertz CT molecular complexity index is 488. The lowest BCUT2D eigenvalue weighted by Gasteiger charge is -2.11. The Morgan fingerprint density at radius 1 is 1.44 bits per heavy atom. The smallest absolute Gasteiger partial charge is 0.276 e. The maximum absolute atomic E-state index is 12.5. The van der Waals surface area contributed by atoms with Crippen molar-refractivity contribution in [2.45, 2.75) is 13.1 Å². The van der Waals surface area contributed by atoms with Gasteiger partial charge < -0.3 is 0 Å². The van der Waals surface area contributed by atoms with E-state index in [1.54, 1.807) is 0 Å². The lowest BCUT2D eigenvalue weighted by Crippen LogP contribution is -2.10. The summed E-state index contributed by atoms with van der Waals surface area (Å²) in [7, 11) is 0. The first-order chi connectivity index (χ1) is 7.27. The summed E-state index contributed by atoms with van der Waals surface area (Å²) in [6.07, 6.45) is -4.68. The molecule has 0 bridgehead atoms. The minimum Gasteiger partial charge on any atom is -0.276 e. The van der Waals surface area contributed by atoms with Crippen LogP contribution in [0.1, 0.15) is 27.0 Å². The number of hydrogen-bond acceptors (Lipinski definition) is 2. The number of halogens is 4. The highest BCUT2D eigenvalue weighted by Crippen LogP contribution is 2.33. The molecule has 0 heterocycles. The molecule has 0 saturated carbocycles. The molecule has 1 rings (SSSR count). The van der Waals surface area contributed by atoms with Gasteiger partial charge in [0.1, 0.15) is 0 Å². The van der Waals surface area contributed by atoms with Gasteiger partial charge in [-0.1, -0.05) is 0 Å². The molecule has 0 aromatic heterocycles. The lowest BCUT2D eigenvalue weighted by atomic mass is 10.00. The molecule has 0 radical (unpaired) electrons. The van der Waals surface area contributed by atoms with Gasteiger partial charge in [-0.3, -0.25) is 4.79 Å². The van der Waals surface area contributed by atoms with Crippen molar-refractivity contribution in [3.8, 4) is 6.07 Å². The van der Waals surface area contributed by atoms with Crippen LogP contribution in [0, 0.1) is 18.3 Å². The minimum atomic E-state index is -4.68. The van der Waals surface area contributed by atoms with E-state index in [9.17, 15) is 18.0 Å². The number of nitriles is 1. The Morgan fingerprint density at radius 2 is 2.00 bits per heavy atom. The predicted molar refractivity (Wildman–Crippen MR) is 51.1 cm³/mol. The molecule has 0 atom stereocenters. The van der Waals surface area contributed by atoms with Gasteiger partial charge in [0.2, 0.25) is 0 Å². The fourth-order valence-electron chi connectivity index (χ4n) is 1.25. The Kier molecular flexibility index (Phi) is 3.24. The van der Waals surface area contributed by atoms with Gasteiger partial charge in [0.15, 0.2) is 0 Å². The molecular weight excluding hydrogens is 243 g/mol. The van der Waals surface area contributed by atoms with Crippen LogP contribution >= 0.6 is 11.6 Å². The Balaban J connectivity index is 3.55. The summed E-state index contributed by atoms with van der Waals surface area (Å²) in [6.45, 7) is 1.41. The van der Waals surface area contributed by atoms with Crippen LogP contribution in [0.25, 0.3) is 0 Å². The number of benzene rings is 1. The number of aryl methyl sites for hydroxylation is 1. The molecule has 0 spiro atoms. The van der Waals surface area contributed by atoms with Gasteiger partial charge in [0.05, 0.1) is 17.2 Å². The van der Waals surface area contributed by atoms with Crippen molar-refractivity contribution < 1.29 is 18.0 Å². The topological polar surface area (TPSA) is 40.9 Å². The van der Waals surface area contributed by atoms with Crippen molar-refractivity contribution in [3.05, 3.63) is 34.4 Å². The van der Waals surface area contributed by atoms with E-state index in [1.165, 1.54) is 13.0 Å². The first-order valence-corrected chi connectivity index (χ1v) is 4.47. The van der Waals surface area contributed by atoms with Gasteiger partial charge >= 0.3 is 6.18 Å². The molecule has 0 fully saturated rings. The maximum Gasteiger partial charge on any atom is 0.417 e. The second-order valence-electron chi connectivity index (χ2n) is 3.10. The molecule has 0 saturated heterocycles. The van der Waals surface area contributed by atoms with Crippen molar-refractivity contribution in [1.82, 2.24) is 0 Å². The summed E-state index contributed by atoms with van der Waals surface area (Å²) in [5.74, 6) is 0. The fraction of sp³-hybridized carbons (Fsp3) is 0.200. The Labute approximate surface area is 94.2 Å². The van der Waals surface area contributed by atoms with Crippen molar-refractivity contribution in [3.63, 3.8) is 0 Å². The molecule has 2 nitrogen and oxygen atoms in total. The van der Waals surface area contributed by atoms with Crippen molar-refractivity contribution >= 4 is 16.8 Å². The van der Waals surface area contributed by atoms with Crippen LogP contribution in [0.15, 0.2) is 12.1 Å². The number of carbonyl (C=O) groups excluding carboxylic acids is 1. The monoisotopic (exact) mass is 247 g/mol. The molecule has 0 aliphatic heterocycles. The predicted octanol–water partition coefficient (Wildman–Crippen LogP) is 3.26. The highest BCUT2D eigenvalue weighted by molar-refractivity contribution is 6.67. The van der Waals surface area contributed by atoms with E-state index in [0.29, 0.717) is 6.07 Å². The molecule has 6 heteroatoms. The number of nitrogens with zero attached hydrogens (tertiary/aromatic N) is 1. The number of hydrogen-bond donors (Lipinski definition) is 0. The molecule has 84 valence electrons. The van der Waals surface area contributed by atoms with Crippen LogP contribution in [-0.4, -0.2) is 5.24 Å². The van der Waals surface area contributed by atoms with Crippen LogP contribution in [-0.2, 0) is 6.18 Å². The van der Waals surface area contributed by atoms with Crippen LogP contribution in [0.3, 0.4) is 0 Å². The van der Waals surface area contributed by atoms with E-state index in [0.717, 1.165) is 6.07 Å². The third-order valence-electron chi connectivity index (χ3n) is 2.00. The standard InChI is InChI=1S/C10H5ClF3NO/c1-5-2-6(4-15)8(10(12,13)14)3-7(5)9(11)16/h2-3H,1H3. The molecule has 0 aliphatic rings.